The average molecular weight is 340 g/mol. The van der Waals surface area contributed by atoms with Crippen molar-refractivity contribution in [2.75, 3.05) is 6.61 Å². The minimum Gasteiger partial charge on any atom is -0.482 e. The van der Waals surface area contributed by atoms with E-state index in [1.54, 1.807) is 6.07 Å². The second-order valence-corrected chi connectivity index (χ2v) is 5.57. The molecule has 0 aliphatic heterocycles. The first-order valence-electron chi connectivity index (χ1n) is 7.60. The molecule has 0 unspecified atom stereocenters. The van der Waals surface area contributed by atoms with Crippen LogP contribution in [-0.2, 0) is 4.79 Å². The van der Waals surface area contributed by atoms with Crippen molar-refractivity contribution in [2.45, 2.75) is 13.8 Å². The fourth-order valence-electron chi connectivity index (χ4n) is 2.35. The summed E-state index contributed by atoms with van der Waals surface area (Å²) < 4.78 is 16.3. The van der Waals surface area contributed by atoms with Gasteiger partial charge in [-0.25, -0.2) is 4.79 Å². The van der Waals surface area contributed by atoms with Crippen LogP contribution in [0.15, 0.2) is 51.9 Å². The highest BCUT2D eigenvalue weighted by Crippen LogP contribution is 2.27. The normalized spacial score (nSPS) is 10.6. The highest BCUT2D eigenvalue weighted by molar-refractivity contribution is 5.79. The maximum atomic E-state index is 12.6. The molecule has 0 saturated carbocycles. The SMILES string of the molecule is Cc1cccc(Oc2coc3cc(OCC(=O)O)ccc3c2=O)c1C. The summed E-state index contributed by atoms with van der Waals surface area (Å²) in [6.07, 6.45) is 1.24. The monoisotopic (exact) mass is 340 g/mol. The summed E-state index contributed by atoms with van der Waals surface area (Å²) >= 11 is 0. The Hall–Kier alpha value is -3.28. The zero-order valence-electron chi connectivity index (χ0n) is 13.7. The fraction of sp³-hybridized carbons (Fsp3) is 0.158. The number of fused-ring (bicyclic) bond motifs is 1. The molecule has 3 aromatic rings. The molecule has 6 nitrogen and oxygen atoms in total. The molecule has 0 atom stereocenters. The third-order valence-electron chi connectivity index (χ3n) is 3.85. The van der Waals surface area contributed by atoms with Gasteiger partial charge in [-0.2, -0.15) is 0 Å². The molecule has 1 aromatic heterocycles. The molecule has 2 aromatic carbocycles. The van der Waals surface area contributed by atoms with Crippen LogP contribution in [0.4, 0.5) is 0 Å². The quantitative estimate of drug-likeness (QED) is 0.763. The second kappa shape index (κ2) is 6.68. The van der Waals surface area contributed by atoms with E-state index in [4.69, 9.17) is 19.0 Å². The Kier molecular flexibility index (Phi) is 4.43. The summed E-state index contributed by atoms with van der Waals surface area (Å²) in [4.78, 5) is 23.1. The summed E-state index contributed by atoms with van der Waals surface area (Å²) in [5.41, 5.74) is 1.98. The number of carbonyl (C=O) groups is 1. The Balaban J connectivity index is 1.94. The van der Waals surface area contributed by atoms with Gasteiger partial charge in [-0.05, 0) is 43.2 Å². The lowest BCUT2D eigenvalue weighted by atomic mass is 10.1. The third kappa shape index (κ3) is 3.47. The predicted molar refractivity (Wildman–Crippen MR) is 91.6 cm³/mol. The Morgan fingerprint density at radius 3 is 2.72 bits per heavy atom. The predicted octanol–water partition coefficient (Wildman–Crippen LogP) is 3.67. The minimum atomic E-state index is -1.08. The largest absolute Gasteiger partial charge is 0.482 e. The van der Waals surface area contributed by atoms with E-state index in [1.165, 1.54) is 24.5 Å². The molecule has 0 aliphatic carbocycles. The van der Waals surface area contributed by atoms with E-state index in [9.17, 15) is 9.59 Å². The van der Waals surface area contributed by atoms with E-state index in [-0.39, 0.29) is 11.2 Å². The van der Waals surface area contributed by atoms with Crippen molar-refractivity contribution in [1.29, 1.82) is 0 Å². The van der Waals surface area contributed by atoms with E-state index < -0.39 is 12.6 Å². The molecule has 0 fully saturated rings. The molecule has 0 spiro atoms. The summed E-state index contributed by atoms with van der Waals surface area (Å²) in [6.45, 7) is 3.41. The van der Waals surface area contributed by atoms with Crippen molar-refractivity contribution >= 4 is 16.9 Å². The third-order valence-corrected chi connectivity index (χ3v) is 3.85. The van der Waals surface area contributed by atoms with E-state index >= 15 is 0 Å². The van der Waals surface area contributed by atoms with E-state index in [2.05, 4.69) is 0 Å². The number of carboxylic acids is 1. The van der Waals surface area contributed by atoms with Gasteiger partial charge < -0.3 is 19.0 Å². The first-order valence-corrected chi connectivity index (χ1v) is 7.60. The molecule has 0 radical (unpaired) electrons. The molecule has 3 rings (SSSR count). The van der Waals surface area contributed by atoms with Gasteiger partial charge in [0.15, 0.2) is 6.61 Å². The fourth-order valence-corrected chi connectivity index (χ4v) is 2.35. The maximum absolute atomic E-state index is 12.6. The lowest BCUT2D eigenvalue weighted by molar-refractivity contribution is -0.139. The molecule has 6 heteroatoms. The highest BCUT2D eigenvalue weighted by atomic mass is 16.5. The highest BCUT2D eigenvalue weighted by Gasteiger charge is 2.12. The lowest BCUT2D eigenvalue weighted by Crippen LogP contribution is -2.10. The number of hydrogen-bond acceptors (Lipinski definition) is 5. The molecule has 0 bridgehead atoms. The Bertz CT molecular complexity index is 1000. The van der Waals surface area contributed by atoms with Gasteiger partial charge >= 0.3 is 5.97 Å². The molecular formula is C19H16O6. The molecular weight excluding hydrogens is 324 g/mol. The van der Waals surface area contributed by atoms with Gasteiger partial charge in [0, 0.05) is 6.07 Å². The topological polar surface area (TPSA) is 86.0 Å². The van der Waals surface area contributed by atoms with Crippen molar-refractivity contribution in [3.05, 3.63) is 64.0 Å². The van der Waals surface area contributed by atoms with Crippen molar-refractivity contribution in [3.8, 4) is 17.2 Å². The van der Waals surface area contributed by atoms with Crippen molar-refractivity contribution in [1.82, 2.24) is 0 Å². The number of ether oxygens (including phenoxy) is 2. The van der Waals surface area contributed by atoms with Crippen LogP contribution in [0.2, 0.25) is 0 Å². The zero-order chi connectivity index (χ0) is 18.0. The van der Waals surface area contributed by atoms with Gasteiger partial charge in [0.25, 0.3) is 0 Å². The first kappa shape index (κ1) is 16.6. The number of benzene rings is 2. The molecule has 0 amide bonds. The van der Waals surface area contributed by atoms with Crippen molar-refractivity contribution in [3.63, 3.8) is 0 Å². The molecule has 1 heterocycles. The number of hydrogen-bond donors (Lipinski definition) is 1. The van der Waals surface area contributed by atoms with Gasteiger partial charge in [0.2, 0.25) is 11.2 Å². The van der Waals surface area contributed by atoms with Crippen LogP contribution in [0, 0.1) is 13.8 Å². The van der Waals surface area contributed by atoms with Gasteiger partial charge in [0.1, 0.15) is 23.3 Å². The van der Waals surface area contributed by atoms with Crippen LogP contribution < -0.4 is 14.9 Å². The van der Waals surface area contributed by atoms with Crippen LogP contribution in [0.1, 0.15) is 11.1 Å². The summed E-state index contributed by atoms with van der Waals surface area (Å²) in [6, 6.07) is 10.1. The minimum absolute atomic E-state index is 0.0837. The maximum Gasteiger partial charge on any atom is 0.341 e. The molecule has 128 valence electrons. The number of aryl methyl sites for hydroxylation is 1. The smallest absolute Gasteiger partial charge is 0.341 e. The van der Waals surface area contributed by atoms with Gasteiger partial charge in [-0.15, -0.1) is 0 Å². The summed E-state index contributed by atoms with van der Waals surface area (Å²) in [5, 5.41) is 8.96. The van der Waals surface area contributed by atoms with Crippen LogP contribution in [0.25, 0.3) is 11.0 Å². The summed E-state index contributed by atoms with van der Waals surface area (Å²) in [7, 11) is 0. The standard InChI is InChI=1S/C19H16O6/c1-11-4-3-5-15(12(11)2)25-17-9-24-16-8-13(23-10-18(20)21)6-7-14(16)19(17)22/h3-9H,10H2,1-2H3,(H,20,21). The Morgan fingerprint density at radius 1 is 1.16 bits per heavy atom. The Morgan fingerprint density at radius 2 is 1.96 bits per heavy atom. The first-order chi connectivity index (χ1) is 12.0. The summed E-state index contributed by atoms with van der Waals surface area (Å²) in [5.74, 6) is -0.103. The average Bonchev–Trinajstić information content (AvgIpc) is 2.59. The van der Waals surface area contributed by atoms with Crippen molar-refractivity contribution < 1.29 is 23.8 Å². The van der Waals surface area contributed by atoms with Crippen LogP contribution in [0.3, 0.4) is 0 Å². The van der Waals surface area contributed by atoms with E-state index in [0.717, 1.165) is 11.1 Å². The molecule has 1 N–H and O–H groups in total. The molecule has 0 aliphatic rings. The second-order valence-electron chi connectivity index (χ2n) is 5.57. The van der Waals surface area contributed by atoms with E-state index in [0.29, 0.717) is 22.5 Å². The molecule has 25 heavy (non-hydrogen) atoms. The molecule has 0 saturated heterocycles. The lowest BCUT2D eigenvalue weighted by Gasteiger charge is -2.10. The zero-order valence-corrected chi connectivity index (χ0v) is 13.7. The number of aliphatic carboxylic acids is 1. The number of rotatable bonds is 5. The van der Waals surface area contributed by atoms with Crippen molar-refractivity contribution in [2.24, 2.45) is 0 Å². The number of carboxylic acid groups (broad SMARTS) is 1. The van der Waals surface area contributed by atoms with E-state index in [1.807, 2.05) is 26.0 Å². The Labute approximate surface area is 143 Å². The van der Waals surface area contributed by atoms with Gasteiger partial charge in [-0.3, -0.25) is 4.79 Å². The van der Waals surface area contributed by atoms with Crippen LogP contribution in [-0.4, -0.2) is 17.7 Å². The van der Waals surface area contributed by atoms with Crippen LogP contribution in [0.5, 0.6) is 17.2 Å². The van der Waals surface area contributed by atoms with Gasteiger partial charge in [0.05, 0.1) is 5.39 Å². The van der Waals surface area contributed by atoms with Crippen LogP contribution >= 0.6 is 0 Å². The van der Waals surface area contributed by atoms with Gasteiger partial charge in [-0.1, -0.05) is 12.1 Å².